The van der Waals surface area contributed by atoms with Crippen molar-refractivity contribution < 1.29 is 28.6 Å². The summed E-state index contributed by atoms with van der Waals surface area (Å²) in [5.74, 6) is -2.12. The Kier molecular flexibility index (Phi) is 5.54. The zero-order valence-electron chi connectivity index (χ0n) is 12.0. The van der Waals surface area contributed by atoms with Crippen molar-refractivity contribution in [2.45, 2.75) is 27.7 Å². The minimum Gasteiger partial charge on any atom is -0.423 e. The van der Waals surface area contributed by atoms with E-state index < -0.39 is 17.9 Å². The summed E-state index contributed by atoms with van der Waals surface area (Å²) in [6.45, 7) is 5.22. The summed E-state index contributed by atoms with van der Waals surface area (Å²) in [7, 11) is 0. The molecule has 0 amide bonds. The predicted molar refractivity (Wildman–Crippen MR) is 77.7 cm³/mol. The minimum absolute atomic E-state index is 0.0457. The van der Waals surface area contributed by atoms with E-state index in [1.54, 1.807) is 6.92 Å². The van der Waals surface area contributed by atoms with Crippen molar-refractivity contribution >= 4 is 35.0 Å². The van der Waals surface area contributed by atoms with Crippen LogP contribution in [0.1, 0.15) is 33.3 Å². The van der Waals surface area contributed by atoms with Crippen LogP contribution in [0.25, 0.3) is 0 Å². The van der Waals surface area contributed by atoms with Crippen LogP contribution in [0.5, 0.6) is 17.2 Å². The Balaban J connectivity index is 3.50. The van der Waals surface area contributed by atoms with Crippen LogP contribution >= 0.6 is 12.2 Å². The van der Waals surface area contributed by atoms with Gasteiger partial charge in [0.1, 0.15) is 0 Å². The number of thiocarbonyl (C=S) groups is 1. The molecule has 0 unspecified atom stereocenters. The number of rotatable bonds is 4. The first-order chi connectivity index (χ1) is 9.70. The van der Waals surface area contributed by atoms with Gasteiger partial charge in [-0.3, -0.25) is 14.4 Å². The van der Waals surface area contributed by atoms with Crippen molar-refractivity contribution in [2.75, 3.05) is 0 Å². The first kappa shape index (κ1) is 16.8. The molecule has 112 valence electrons. The van der Waals surface area contributed by atoms with Crippen molar-refractivity contribution in [3.8, 4) is 17.2 Å². The Bertz CT molecular complexity index is 583. The van der Waals surface area contributed by atoms with Gasteiger partial charge in [-0.2, -0.15) is 0 Å². The molecular formula is C14H14O6S. The summed E-state index contributed by atoms with van der Waals surface area (Å²) in [4.78, 5) is 34.0. The van der Waals surface area contributed by atoms with Gasteiger partial charge in [-0.05, 0) is 24.6 Å². The largest absolute Gasteiger partial charge is 0.423 e. The van der Waals surface area contributed by atoms with E-state index >= 15 is 0 Å². The molecule has 0 radical (unpaired) electrons. The second-order valence-electron chi connectivity index (χ2n) is 4.14. The van der Waals surface area contributed by atoms with Crippen LogP contribution in [0.4, 0.5) is 0 Å². The quantitative estimate of drug-likeness (QED) is 0.365. The van der Waals surface area contributed by atoms with Gasteiger partial charge in [0.15, 0.2) is 11.5 Å². The standard InChI is InChI=1S/C14H14O6S/c1-7(21)11-5-12(18-8(2)15)14(20-10(4)17)13(6-11)19-9(3)16/h5-6H,1-4H3. The molecule has 0 aliphatic heterocycles. The van der Waals surface area contributed by atoms with E-state index in [4.69, 9.17) is 26.4 Å². The molecule has 6 nitrogen and oxygen atoms in total. The van der Waals surface area contributed by atoms with E-state index in [0.29, 0.717) is 10.4 Å². The summed E-state index contributed by atoms with van der Waals surface area (Å²) >= 11 is 5.05. The fourth-order valence-electron chi connectivity index (χ4n) is 1.49. The lowest BCUT2D eigenvalue weighted by molar-refractivity contribution is -0.135. The number of esters is 3. The monoisotopic (exact) mass is 310 g/mol. The van der Waals surface area contributed by atoms with Gasteiger partial charge < -0.3 is 14.2 Å². The van der Waals surface area contributed by atoms with E-state index in [1.807, 2.05) is 0 Å². The smallest absolute Gasteiger partial charge is 0.308 e. The number of carbonyl (C=O) groups is 3. The number of hydrogen-bond acceptors (Lipinski definition) is 7. The van der Waals surface area contributed by atoms with E-state index in [9.17, 15) is 14.4 Å². The minimum atomic E-state index is -0.649. The summed E-state index contributed by atoms with van der Waals surface area (Å²) in [5, 5.41) is 0. The molecule has 21 heavy (non-hydrogen) atoms. The lowest BCUT2D eigenvalue weighted by atomic mass is 10.1. The first-order valence-electron chi connectivity index (χ1n) is 5.95. The van der Waals surface area contributed by atoms with Crippen molar-refractivity contribution in [3.05, 3.63) is 17.7 Å². The molecule has 1 rings (SSSR count). The van der Waals surface area contributed by atoms with E-state index in [2.05, 4.69) is 0 Å². The molecule has 0 bridgehead atoms. The molecule has 1 aromatic rings. The Morgan fingerprint density at radius 2 is 1.19 bits per heavy atom. The van der Waals surface area contributed by atoms with E-state index in [1.165, 1.54) is 32.9 Å². The van der Waals surface area contributed by atoms with Crippen LogP contribution in [-0.4, -0.2) is 22.8 Å². The fraction of sp³-hybridized carbons (Fsp3) is 0.286. The molecule has 0 heterocycles. The Morgan fingerprint density at radius 3 is 1.48 bits per heavy atom. The van der Waals surface area contributed by atoms with Gasteiger partial charge in [0.25, 0.3) is 0 Å². The van der Waals surface area contributed by atoms with Crippen LogP contribution in [0.2, 0.25) is 0 Å². The third-order valence-corrected chi connectivity index (χ3v) is 2.42. The van der Waals surface area contributed by atoms with Crippen molar-refractivity contribution in [2.24, 2.45) is 0 Å². The second-order valence-corrected chi connectivity index (χ2v) is 4.75. The summed E-state index contributed by atoms with van der Waals surface area (Å²) in [6, 6.07) is 2.88. The van der Waals surface area contributed by atoms with Crippen LogP contribution in [0.3, 0.4) is 0 Å². The van der Waals surface area contributed by atoms with E-state index in [0.717, 1.165) is 0 Å². The number of ether oxygens (including phenoxy) is 3. The third kappa shape index (κ3) is 4.96. The Labute approximate surface area is 127 Å². The zero-order chi connectivity index (χ0) is 16.2. The SMILES string of the molecule is CC(=O)Oc1cc(C(C)=S)cc(OC(C)=O)c1OC(C)=O. The molecular weight excluding hydrogens is 296 g/mol. The van der Waals surface area contributed by atoms with Crippen LogP contribution in [0.15, 0.2) is 12.1 Å². The first-order valence-corrected chi connectivity index (χ1v) is 6.35. The van der Waals surface area contributed by atoms with Gasteiger partial charge in [0.05, 0.1) is 0 Å². The zero-order valence-corrected chi connectivity index (χ0v) is 12.8. The Hall–Kier alpha value is -2.28. The molecule has 0 spiro atoms. The molecule has 0 saturated heterocycles. The lowest BCUT2D eigenvalue weighted by Crippen LogP contribution is -2.11. The number of benzene rings is 1. The van der Waals surface area contributed by atoms with Crippen molar-refractivity contribution in [1.82, 2.24) is 0 Å². The second kappa shape index (κ2) is 6.94. The highest BCUT2D eigenvalue weighted by atomic mass is 32.1. The topological polar surface area (TPSA) is 78.9 Å². The molecule has 0 aromatic heterocycles. The summed E-state index contributed by atoms with van der Waals surface area (Å²) in [6.07, 6.45) is 0. The lowest BCUT2D eigenvalue weighted by Gasteiger charge is -2.14. The molecule has 0 fully saturated rings. The summed E-state index contributed by atoms with van der Waals surface area (Å²) in [5.41, 5.74) is 0.508. The molecule has 0 atom stereocenters. The average Bonchev–Trinajstić information content (AvgIpc) is 2.30. The van der Waals surface area contributed by atoms with Crippen molar-refractivity contribution in [3.63, 3.8) is 0 Å². The predicted octanol–water partition coefficient (Wildman–Crippen LogP) is 2.20. The number of carbonyl (C=O) groups excluding carboxylic acids is 3. The van der Waals surface area contributed by atoms with Crippen LogP contribution in [0, 0.1) is 0 Å². The van der Waals surface area contributed by atoms with Gasteiger partial charge in [0, 0.05) is 25.6 Å². The fourth-order valence-corrected chi connectivity index (χ4v) is 1.60. The highest BCUT2D eigenvalue weighted by Gasteiger charge is 2.20. The van der Waals surface area contributed by atoms with Crippen LogP contribution < -0.4 is 14.2 Å². The molecule has 0 aliphatic carbocycles. The average molecular weight is 310 g/mol. The maximum Gasteiger partial charge on any atom is 0.308 e. The molecule has 0 aliphatic rings. The van der Waals surface area contributed by atoms with Gasteiger partial charge in [0.2, 0.25) is 5.75 Å². The third-order valence-electron chi connectivity index (χ3n) is 2.18. The summed E-state index contributed by atoms with van der Waals surface area (Å²) < 4.78 is 15.0. The highest BCUT2D eigenvalue weighted by molar-refractivity contribution is 7.80. The van der Waals surface area contributed by atoms with Gasteiger partial charge in [-0.1, -0.05) is 12.2 Å². The highest BCUT2D eigenvalue weighted by Crippen LogP contribution is 2.39. The molecule has 0 saturated carbocycles. The normalized spacial score (nSPS) is 9.71. The maximum absolute atomic E-state index is 11.2. The van der Waals surface area contributed by atoms with Gasteiger partial charge >= 0.3 is 17.9 Å². The van der Waals surface area contributed by atoms with Crippen LogP contribution in [-0.2, 0) is 14.4 Å². The van der Waals surface area contributed by atoms with Crippen molar-refractivity contribution in [1.29, 1.82) is 0 Å². The van der Waals surface area contributed by atoms with Gasteiger partial charge in [-0.15, -0.1) is 0 Å². The molecule has 7 heteroatoms. The Morgan fingerprint density at radius 1 is 0.810 bits per heavy atom. The molecule has 1 aromatic carbocycles. The number of hydrogen-bond donors (Lipinski definition) is 0. The molecule has 0 N–H and O–H groups in total. The van der Waals surface area contributed by atoms with E-state index in [-0.39, 0.29) is 17.2 Å². The maximum atomic E-state index is 11.2. The van der Waals surface area contributed by atoms with Gasteiger partial charge in [-0.25, -0.2) is 0 Å².